The molecule has 0 aliphatic carbocycles. The molecule has 0 saturated carbocycles. The maximum atomic E-state index is 12.1. The Hall–Kier alpha value is -2.14. The molecule has 0 aliphatic rings. The number of thiophene rings is 1. The Balaban J connectivity index is 2.00. The van der Waals surface area contributed by atoms with E-state index in [0.717, 1.165) is 16.8 Å². The molecule has 2 aromatic rings. The Labute approximate surface area is 127 Å². The first kappa shape index (κ1) is 15.3. The van der Waals surface area contributed by atoms with Gasteiger partial charge in [0.2, 0.25) is 0 Å². The molecule has 1 atom stereocenters. The lowest BCUT2D eigenvalue weighted by Crippen LogP contribution is -2.30. The van der Waals surface area contributed by atoms with Gasteiger partial charge in [0, 0.05) is 5.69 Å². The normalized spacial score (nSPS) is 11.8. The molecule has 0 spiro atoms. The maximum absolute atomic E-state index is 12.1. The number of ether oxygens (including phenoxy) is 1. The van der Waals surface area contributed by atoms with Crippen LogP contribution < -0.4 is 5.32 Å². The van der Waals surface area contributed by atoms with Gasteiger partial charge in [-0.25, -0.2) is 4.79 Å². The van der Waals surface area contributed by atoms with Crippen molar-refractivity contribution in [3.05, 3.63) is 51.7 Å². The fraction of sp³-hybridized carbons (Fsp3) is 0.250. The Morgan fingerprint density at radius 2 is 1.95 bits per heavy atom. The van der Waals surface area contributed by atoms with Crippen molar-refractivity contribution in [2.24, 2.45) is 0 Å². The van der Waals surface area contributed by atoms with Crippen LogP contribution in [0.5, 0.6) is 0 Å². The minimum atomic E-state index is -0.848. The lowest BCUT2D eigenvalue weighted by Gasteiger charge is -2.15. The summed E-state index contributed by atoms with van der Waals surface area (Å²) >= 11 is 1.29. The van der Waals surface area contributed by atoms with E-state index in [-0.39, 0.29) is 5.91 Å². The molecular formula is C16H17NO3S. The van der Waals surface area contributed by atoms with Crippen LogP contribution in [0.4, 0.5) is 5.69 Å². The van der Waals surface area contributed by atoms with Gasteiger partial charge in [-0.2, -0.15) is 0 Å². The first-order valence-electron chi connectivity index (χ1n) is 6.60. The summed E-state index contributed by atoms with van der Waals surface area (Å²) < 4.78 is 5.16. The van der Waals surface area contributed by atoms with E-state index in [9.17, 15) is 9.59 Å². The largest absolute Gasteiger partial charge is 0.448 e. The summed E-state index contributed by atoms with van der Waals surface area (Å²) in [7, 11) is 0. The van der Waals surface area contributed by atoms with E-state index in [0.29, 0.717) is 4.88 Å². The number of hydrogen-bond acceptors (Lipinski definition) is 4. The van der Waals surface area contributed by atoms with Gasteiger partial charge in [0.15, 0.2) is 6.10 Å². The molecule has 0 aliphatic heterocycles. The number of aryl methyl sites for hydroxylation is 1. The summed E-state index contributed by atoms with van der Waals surface area (Å²) in [5.74, 6) is -0.817. The van der Waals surface area contributed by atoms with E-state index in [1.54, 1.807) is 24.4 Å². The zero-order valence-electron chi connectivity index (χ0n) is 12.2. The topological polar surface area (TPSA) is 55.4 Å². The molecular weight excluding hydrogens is 286 g/mol. The van der Waals surface area contributed by atoms with Crippen molar-refractivity contribution in [1.29, 1.82) is 0 Å². The number of esters is 1. The standard InChI is InChI=1S/C16H17NO3S/c1-10-6-4-7-13(11(10)2)17-15(18)12(3)20-16(19)14-8-5-9-21-14/h4-9,12H,1-3H3,(H,17,18). The third-order valence-corrected chi connectivity index (χ3v) is 4.09. The summed E-state index contributed by atoms with van der Waals surface area (Å²) in [5, 5.41) is 4.58. The monoisotopic (exact) mass is 303 g/mol. The number of nitrogens with one attached hydrogen (secondary N) is 1. The highest BCUT2D eigenvalue weighted by atomic mass is 32.1. The number of carbonyl (C=O) groups excluding carboxylic acids is 2. The van der Waals surface area contributed by atoms with E-state index in [2.05, 4.69) is 5.32 Å². The van der Waals surface area contributed by atoms with Crippen molar-refractivity contribution in [2.75, 3.05) is 5.32 Å². The average Bonchev–Trinajstić information content (AvgIpc) is 2.98. The predicted octanol–water partition coefficient (Wildman–Crippen LogP) is 3.55. The van der Waals surface area contributed by atoms with E-state index >= 15 is 0 Å². The van der Waals surface area contributed by atoms with Crippen LogP contribution in [0.25, 0.3) is 0 Å². The number of anilines is 1. The van der Waals surface area contributed by atoms with E-state index in [1.165, 1.54) is 11.3 Å². The number of benzene rings is 1. The molecule has 1 aromatic heterocycles. The quantitative estimate of drug-likeness (QED) is 0.879. The molecule has 21 heavy (non-hydrogen) atoms. The van der Waals surface area contributed by atoms with Crippen LogP contribution in [-0.2, 0) is 9.53 Å². The zero-order valence-corrected chi connectivity index (χ0v) is 13.0. The summed E-state index contributed by atoms with van der Waals surface area (Å²) in [6.07, 6.45) is -0.848. The second kappa shape index (κ2) is 6.54. The van der Waals surface area contributed by atoms with Crippen LogP contribution in [0.3, 0.4) is 0 Å². The van der Waals surface area contributed by atoms with Crippen molar-refractivity contribution in [1.82, 2.24) is 0 Å². The van der Waals surface area contributed by atoms with Crippen molar-refractivity contribution in [3.63, 3.8) is 0 Å². The van der Waals surface area contributed by atoms with Gasteiger partial charge in [0.25, 0.3) is 5.91 Å². The maximum Gasteiger partial charge on any atom is 0.349 e. The van der Waals surface area contributed by atoms with Crippen molar-refractivity contribution in [3.8, 4) is 0 Å². The van der Waals surface area contributed by atoms with Gasteiger partial charge < -0.3 is 10.1 Å². The van der Waals surface area contributed by atoms with E-state index in [1.807, 2.05) is 32.0 Å². The molecule has 1 heterocycles. The van der Waals surface area contributed by atoms with Gasteiger partial charge in [-0.1, -0.05) is 18.2 Å². The summed E-state index contributed by atoms with van der Waals surface area (Å²) in [4.78, 5) is 24.4. The summed E-state index contributed by atoms with van der Waals surface area (Å²) in [6.45, 7) is 5.48. The van der Waals surface area contributed by atoms with Gasteiger partial charge in [-0.15, -0.1) is 11.3 Å². The van der Waals surface area contributed by atoms with Gasteiger partial charge in [-0.05, 0) is 49.4 Å². The molecule has 1 aromatic carbocycles. The van der Waals surface area contributed by atoms with Gasteiger partial charge in [0.1, 0.15) is 4.88 Å². The van der Waals surface area contributed by atoms with Crippen molar-refractivity contribution in [2.45, 2.75) is 26.9 Å². The SMILES string of the molecule is Cc1cccc(NC(=O)C(C)OC(=O)c2cccs2)c1C. The Morgan fingerprint density at radius 1 is 1.19 bits per heavy atom. The van der Waals surface area contributed by atoms with Crippen LogP contribution in [0.15, 0.2) is 35.7 Å². The number of rotatable bonds is 4. The fourth-order valence-corrected chi connectivity index (χ4v) is 2.39. The lowest BCUT2D eigenvalue weighted by atomic mass is 10.1. The number of hydrogen-bond donors (Lipinski definition) is 1. The third kappa shape index (κ3) is 3.70. The minimum absolute atomic E-state index is 0.339. The Kier molecular flexibility index (Phi) is 4.75. The minimum Gasteiger partial charge on any atom is -0.448 e. The molecule has 0 radical (unpaired) electrons. The van der Waals surface area contributed by atoms with Crippen LogP contribution in [0, 0.1) is 13.8 Å². The van der Waals surface area contributed by atoms with Crippen LogP contribution in [-0.4, -0.2) is 18.0 Å². The van der Waals surface area contributed by atoms with Crippen LogP contribution in [0.1, 0.15) is 27.7 Å². The van der Waals surface area contributed by atoms with Crippen LogP contribution in [0.2, 0.25) is 0 Å². The Morgan fingerprint density at radius 3 is 2.62 bits per heavy atom. The zero-order chi connectivity index (χ0) is 15.4. The van der Waals surface area contributed by atoms with Crippen molar-refractivity contribution >= 4 is 28.9 Å². The second-order valence-electron chi connectivity index (χ2n) is 4.76. The summed E-state index contributed by atoms with van der Waals surface area (Å²) in [5.41, 5.74) is 2.83. The molecule has 0 saturated heterocycles. The van der Waals surface area contributed by atoms with E-state index in [4.69, 9.17) is 4.74 Å². The molecule has 0 bridgehead atoms. The number of carbonyl (C=O) groups is 2. The number of amides is 1. The smallest absolute Gasteiger partial charge is 0.349 e. The summed E-state index contributed by atoms with van der Waals surface area (Å²) in [6, 6.07) is 9.12. The molecule has 0 fully saturated rings. The van der Waals surface area contributed by atoms with Crippen LogP contribution >= 0.6 is 11.3 Å². The highest BCUT2D eigenvalue weighted by molar-refractivity contribution is 7.11. The highest BCUT2D eigenvalue weighted by Gasteiger charge is 2.20. The molecule has 110 valence electrons. The highest BCUT2D eigenvalue weighted by Crippen LogP contribution is 2.18. The molecule has 5 heteroatoms. The lowest BCUT2D eigenvalue weighted by molar-refractivity contribution is -0.123. The first-order valence-corrected chi connectivity index (χ1v) is 7.48. The first-order chi connectivity index (χ1) is 9.99. The third-order valence-electron chi connectivity index (χ3n) is 3.24. The van der Waals surface area contributed by atoms with Gasteiger partial charge >= 0.3 is 5.97 Å². The molecule has 1 amide bonds. The fourth-order valence-electron chi connectivity index (χ4n) is 1.79. The second-order valence-corrected chi connectivity index (χ2v) is 5.71. The molecule has 4 nitrogen and oxygen atoms in total. The predicted molar refractivity (Wildman–Crippen MR) is 83.7 cm³/mol. The Bertz CT molecular complexity index is 650. The molecule has 1 N–H and O–H groups in total. The average molecular weight is 303 g/mol. The van der Waals surface area contributed by atoms with E-state index < -0.39 is 12.1 Å². The molecule has 1 unspecified atom stereocenters. The van der Waals surface area contributed by atoms with Crippen molar-refractivity contribution < 1.29 is 14.3 Å². The van der Waals surface area contributed by atoms with Gasteiger partial charge in [-0.3, -0.25) is 4.79 Å². The molecule has 2 rings (SSSR count). The van der Waals surface area contributed by atoms with Gasteiger partial charge in [0.05, 0.1) is 0 Å².